The second kappa shape index (κ2) is 3.67. The maximum atomic E-state index is 12.5. The molecular weight excluding hydrogens is 212 g/mol. The first-order valence-corrected chi connectivity index (χ1v) is 6.16. The van der Waals surface area contributed by atoms with E-state index >= 15 is 0 Å². The summed E-state index contributed by atoms with van der Waals surface area (Å²) in [6.07, 6.45) is 7.22. The maximum absolute atomic E-state index is 12.5. The standard InChI is InChI=1S/C15H20O2/c1-10(2)12-7-9-14(4)8-5-6-11(3)15(14,17)13(12)16/h5,7-8,10,17H,3,6,9H2,1-2,4H3/t14-,15+/m1/s1. The van der Waals surface area contributed by atoms with Gasteiger partial charge in [0, 0.05) is 5.41 Å². The van der Waals surface area contributed by atoms with Crippen LogP contribution < -0.4 is 0 Å². The van der Waals surface area contributed by atoms with E-state index in [2.05, 4.69) is 6.58 Å². The van der Waals surface area contributed by atoms with Crippen LogP contribution in [0.4, 0.5) is 0 Å². The molecule has 0 aromatic rings. The Balaban J connectivity index is 2.57. The number of Topliss-reactive ketones (excluding diaryl/α,β-unsaturated/α-hetero) is 1. The van der Waals surface area contributed by atoms with E-state index in [-0.39, 0.29) is 11.7 Å². The highest BCUT2D eigenvalue weighted by atomic mass is 16.3. The first-order chi connectivity index (χ1) is 7.83. The minimum absolute atomic E-state index is 0.148. The van der Waals surface area contributed by atoms with Crippen LogP contribution in [0.15, 0.2) is 36.0 Å². The number of hydrogen-bond donors (Lipinski definition) is 1. The molecule has 0 spiro atoms. The molecule has 0 amide bonds. The Bertz CT molecular complexity index is 442. The van der Waals surface area contributed by atoms with Crippen molar-refractivity contribution in [3.63, 3.8) is 0 Å². The van der Waals surface area contributed by atoms with Gasteiger partial charge in [0.2, 0.25) is 0 Å². The first-order valence-electron chi connectivity index (χ1n) is 6.16. The van der Waals surface area contributed by atoms with Crippen molar-refractivity contribution in [1.82, 2.24) is 0 Å². The molecule has 0 unspecified atom stereocenters. The molecule has 2 rings (SSSR count). The molecule has 0 heterocycles. The van der Waals surface area contributed by atoms with Gasteiger partial charge in [0.15, 0.2) is 11.4 Å². The average Bonchev–Trinajstić information content (AvgIpc) is 2.24. The molecule has 0 bridgehead atoms. The Morgan fingerprint density at radius 3 is 2.71 bits per heavy atom. The Hall–Kier alpha value is -1.15. The summed E-state index contributed by atoms with van der Waals surface area (Å²) >= 11 is 0. The average molecular weight is 232 g/mol. The van der Waals surface area contributed by atoms with Crippen molar-refractivity contribution in [1.29, 1.82) is 0 Å². The fraction of sp³-hybridized carbons (Fsp3) is 0.533. The van der Waals surface area contributed by atoms with E-state index in [1.54, 1.807) is 0 Å². The zero-order valence-electron chi connectivity index (χ0n) is 10.8. The van der Waals surface area contributed by atoms with Gasteiger partial charge in [0.25, 0.3) is 0 Å². The molecule has 17 heavy (non-hydrogen) atoms. The Morgan fingerprint density at radius 1 is 1.47 bits per heavy atom. The third-order valence-electron chi connectivity index (χ3n) is 4.15. The number of allylic oxidation sites excluding steroid dienone is 2. The molecule has 2 heteroatoms. The third-order valence-corrected chi connectivity index (χ3v) is 4.15. The van der Waals surface area contributed by atoms with Gasteiger partial charge in [-0.15, -0.1) is 0 Å². The van der Waals surface area contributed by atoms with Gasteiger partial charge in [-0.1, -0.05) is 45.6 Å². The maximum Gasteiger partial charge on any atom is 0.195 e. The quantitative estimate of drug-likeness (QED) is 0.706. The monoisotopic (exact) mass is 232 g/mol. The zero-order valence-corrected chi connectivity index (χ0v) is 10.8. The van der Waals surface area contributed by atoms with Gasteiger partial charge in [-0.05, 0) is 29.9 Å². The zero-order chi connectivity index (χ0) is 12.8. The Kier molecular flexibility index (Phi) is 2.66. The van der Waals surface area contributed by atoms with E-state index in [0.29, 0.717) is 18.4 Å². The number of carbonyl (C=O) groups excluding carboxylic acids is 1. The summed E-state index contributed by atoms with van der Waals surface area (Å²) in [6.45, 7) is 9.81. The minimum atomic E-state index is -1.41. The lowest BCUT2D eigenvalue weighted by Crippen LogP contribution is -2.57. The van der Waals surface area contributed by atoms with E-state index < -0.39 is 11.0 Å². The van der Waals surface area contributed by atoms with Crippen LogP contribution in [0, 0.1) is 11.3 Å². The van der Waals surface area contributed by atoms with Crippen LogP contribution >= 0.6 is 0 Å². The van der Waals surface area contributed by atoms with Gasteiger partial charge in [0.05, 0.1) is 0 Å². The lowest BCUT2D eigenvalue weighted by Gasteiger charge is -2.48. The molecule has 2 atom stereocenters. The van der Waals surface area contributed by atoms with Crippen molar-refractivity contribution in [3.05, 3.63) is 36.0 Å². The van der Waals surface area contributed by atoms with Crippen molar-refractivity contribution in [2.75, 3.05) is 0 Å². The van der Waals surface area contributed by atoms with Crippen molar-refractivity contribution < 1.29 is 9.90 Å². The molecule has 0 saturated heterocycles. The molecule has 92 valence electrons. The molecule has 0 aromatic carbocycles. The van der Waals surface area contributed by atoms with Gasteiger partial charge < -0.3 is 5.11 Å². The van der Waals surface area contributed by atoms with Crippen molar-refractivity contribution >= 4 is 5.78 Å². The summed E-state index contributed by atoms with van der Waals surface area (Å²) in [4.78, 5) is 12.5. The van der Waals surface area contributed by atoms with Crippen LogP contribution in [0.5, 0.6) is 0 Å². The smallest absolute Gasteiger partial charge is 0.195 e. The van der Waals surface area contributed by atoms with Crippen molar-refractivity contribution in [2.45, 2.75) is 39.2 Å². The fourth-order valence-electron chi connectivity index (χ4n) is 2.89. The topological polar surface area (TPSA) is 37.3 Å². The SMILES string of the molecule is C=C1CC=C[C@]2(C)CC=C(C(C)C)C(=O)[C@@]12O. The predicted molar refractivity (Wildman–Crippen MR) is 68.5 cm³/mol. The summed E-state index contributed by atoms with van der Waals surface area (Å²) in [5, 5.41) is 10.9. The van der Waals surface area contributed by atoms with Gasteiger partial charge in [-0.3, -0.25) is 4.79 Å². The number of aliphatic hydroxyl groups is 1. The second-order valence-corrected chi connectivity index (χ2v) is 5.69. The van der Waals surface area contributed by atoms with E-state index in [4.69, 9.17) is 0 Å². The van der Waals surface area contributed by atoms with Gasteiger partial charge in [-0.2, -0.15) is 0 Å². The molecule has 0 fully saturated rings. The van der Waals surface area contributed by atoms with Crippen LogP contribution in [0.2, 0.25) is 0 Å². The highest BCUT2D eigenvalue weighted by Crippen LogP contribution is 2.50. The highest BCUT2D eigenvalue weighted by molar-refractivity contribution is 6.06. The number of hydrogen-bond acceptors (Lipinski definition) is 2. The fourth-order valence-corrected chi connectivity index (χ4v) is 2.89. The van der Waals surface area contributed by atoms with Crippen molar-refractivity contribution in [3.8, 4) is 0 Å². The van der Waals surface area contributed by atoms with Crippen LogP contribution in [-0.2, 0) is 4.79 Å². The second-order valence-electron chi connectivity index (χ2n) is 5.69. The molecule has 2 aliphatic rings. The minimum Gasteiger partial charge on any atom is -0.376 e. The highest BCUT2D eigenvalue weighted by Gasteiger charge is 2.56. The van der Waals surface area contributed by atoms with Crippen LogP contribution in [0.25, 0.3) is 0 Å². The van der Waals surface area contributed by atoms with Gasteiger partial charge in [-0.25, -0.2) is 0 Å². The van der Waals surface area contributed by atoms with Crippen molar-refractivity contribution in [2.24, 2.45) is 11.3 Å². The van der Waals surface area contributed by atoms with Crippen LogP contribution in [-0.4, -0.2) is 16.5 Å². The number of ketones is 1. The number of rotatable bonds is 1. The summed E-state index contributed by atoms with van der Waals surface area (Å²) in [7, 11) is 0. The van der Waals surface area contributed by atoms with E-state index in [9.17, 15) is 9.90 Å². The van der Waals surface area contributed by atoms with Gasteiger partial charge in [0.1, 0.15) is 0 Å². The Morgan fingerprint density at radius 2 is 2.12 bits per heavy atom. The Labute approximate surface area is 103 Å². The van der Waals surface area contributed by atoms with Crippen LogP contribution in [0.3, 0.4) is 0 Å². The molecule has 1 N–H and O–H groups in total. The summed E-state index contributed by atoms with van der Waals surface area (Å²) < 4.78 is 0. The summed E-state index contributed by atoms with van der Waals surface area (Å²) in [6, 6.07) is 0. The van der Waals surface area contributed by atoms with Gasteiger partial charge >= 0.3 is 0 Å². The molecular formula is C15H20O2. The van der Waals surface area contributed by atoms with E-state index in [1.807, 2.05) is 39.0 Å². The molecule has 0 aromatic heterocycles. The number of carbonyl (C=O) groups is 1. The molecule has 2 nitrogen and oxygen atoms in total. The molecule has 2 aliphatic carbocycles. The lowest BCUT2D eigenvalue weighted by atomic mass is 9.57. The molecule has 0 aliphatic heterocycles. The summed E-state index contributed by atoms with van der Waals surface area (Å²) in [5.41, 5.74) is -0.575. The van der Waals surface area contributed by atoms with E-state index in [1.165, 1.54) is 0 Å². The first kappa shape index (κ1) is 12.3. The van der Waals surface area contributed by atoms with Crippen LogP contribution in [0.1, 0.15) is 33.6 Å². The number of fused-ring (bicyclic) bond motifs is 1. The molecule has 0 radical (unpaired) electrons. The summed E-state index contributed by atoms with van der Waals surface area (Å²) in [5.74, 6) is -0.00891. The van der Waals surface area contributed by atoms with E-state index in [0.717, 1.165) is 5.57 Å². The largest absolute Gasteiger partial charge is 0.376 e. The normalized spacial score (nSPS) is 37.1. The third kappa shape index (κ3) is 1.47. The predicted octanol–water partition coefficient (Wildman–Crippen LogP) is 2.80. The lowest BCUT2D eigenvalue weighted by molar-refractivity contribution is -0.140. The molecule has 0 saturated carbocycles.